The monoisotopic (exact) mass is 422 g/mol. The second-order valence-corrected chi connectivity index (χ2v) is 10.4. The van der Waals surface area contributed by atoms with Gasteiger partial charge in [-0.2, -0.15) is 0 Å². The van der Waals surface area contributed by atoms with Crippen molar-refractivity contribution in [2.45, 2.75) is 148 Å². The van der Waals surface area contributed by atoms with Crippen molar-refractivity contribution in [2.24, 2.45) is 17.8 Å². The van der Waals surface area contributed by atoms with Gasteiger partial charge in [-0.15, -0.1) is 0 Å². The lowest BCUT2D eigenvalue weighted by atomic mass is 9.69. The number of unbranched alkanes of at least 4 members (excludes halogenated alkanes) is 5. The molecule has 0 saturated heterocycles. The third-order valence-electron chi connectivity index (χ3n) is 8.42. The highest BCUT2D eigenvalue weighted by Gasteiger charge is 2.48. The molecule has 0 aromatic carbocycles. The van der Waals surface area contributed by atoms with Crippen molar-refractivity contribution in [3.63, 3.8) is 0 Å². The van der Waals surface area contributed by atoms with E-state index >= 15 is 0 Å². The third-order valence-corrected chi connectivity index (χ3v) is 8.42. The molecule has 2 saturated carbocycles. The van der Waals surface area contributed by atoms with Crippen LogP contribution >= 0.6 is 0 Å². The zero-order valence-electron chi connectivity index (χ0n) is 20.9. The summed E-state index contributed by atoms with van der Waals surface area (Å²) in [5, 5.41) is 0. The van der Waals surface area contributed by atoms with Gasteiger partial charge in [-0.25, -0.2) is 0 Å². The first-order valence-electron chi connectivity index (χ1n) is 13.9. The highest BCUT2D eigenvalue weighted by Crippen LogP contribution is 2.47. The van der Waals surface area contributed by atoms with Crippen LogP contribution in [0.15, 0.2) is 0 Å². The van der Waals surface area contributed by atoms with Crippen LogP contribution in [-0.2, 0) is 9.47 Å². The van der Waals surface area contributed by atoms with E-state index in [-0.39, 0.29) is 5.79 Å². The molecule has 2 rings (SSSR count). The number of hydrogen-bond acceptors (Lipinski definition) is 2. The van der Waals surface area contributed by atoms with Gasteiger partial charge in [0.1, 0.15) is 0 Å². The van der Waals surface area contributed by atoms with Gasteiger partial charge in [0.15, 0.2) is 5.79 Å². The summed E-state index contributed by atoms with van der Waals surface area (Å²) in [5.74, 6) is 1.57. The summed E-state index contributed by atoms with van der Waals surface area (Å²) in [6.07, 6.45) is 29.0. The first kappa shape index (κ1) is 26.2. The largest absolute Gasteiger partial charge is 0.353 e. The van der Waals surface area contributed by atoms with Crippen LogP contribution in [0.5, 0.6) is 0 Å². The molecule has 0 aliphatic heterocycles. The molecule has 2 heteroatoms. The summed E-state index contributed by atoms with van der Waals surface area (Å²) in [7, 11) is 3.92. The first-order valence-corrected chi connectivity index (χ1v) is 13.9. The molecule has 2 fully saturated rings. The molecule has 2 aliphatic carbocycles. The molecule has 0 radical (unpaired) electrons. The summed E-state index contributed by atoms with van der Waals surface area (Å²) in [6.45, 7) is 2.31. The van der Waals surface area contributed by atoms with E-state index < -0.39 is 0 Å². The topological polar surface area (TPSA) is 18.5 Å². The van der Waals surface area contributed by atoms with Crippen LogP contribution in [0, 0.1) is 17.8 Å². The molecule has 1 atom stereocenters. The van der Waals surface area contributed by atoms with E-state index in [2.05, 4.69) is 6.92 Å². The average molecular weight is 423 g/mol. The molecule has 0 aromatic rings. The van der Waals surface area contributed by atoms with Gasteiger partial charge in [0.05, 0.1) is 0 Å². The van der Waals surface area contributed by atoms with Crippen LogP contribution in [0.3, 0.4) is 0 Å². The Kier molecular flexibility index (Phi) is 13.7. The summed E-state index contributed by atoms with van der Waals surface area (Å²) in [5.41, 5.74) is 0. The fraction of sp³-hybridized carbons (Fsp3) is 1.00. The van der Waals surface area contributed by atoms with Crippen LogP contribution in [-0.4, -0.2) is 20.0 Å². The molecular weight excluding hydrogens is 368 g/mol. The van der Waals surface area contributed by atoms with Crippen LogP contribution in [0.25, 0.3) is 0 Å². The molecule has 2 nitrogen and oxygen atoms in total. The maximum absolute atomic E-state index is 6.48. The molecule has 2 aliphatic rings. The molecule has 178 valence electrons. The molecule has 0 bridgehead atoms. The Morgan fingerprint density at radius 3 is 1.63 bits per heavy atom. The standard InChI is InChI=1S/C28H54O2/c1-4-5-6-7-14-19-24-27(25-20-15-10-8-11-16-21-25)28(29-2,30-3)26-22-17-12-9-13-18-23-26/h25-27H,4-24H2,1-3H3. The lowest BCUT2D eigenvalue weighted by Crippen LogP contribution is -2.51. The lowest BCUT2D eigenvalue weighted by Gasteiger charge is -2.48. The first-order chi connectivity index (χ1) is 14.8. The Balaban J connectivity index is 2.15. The number of ether oxygens (including phenoxy) is 2. The zero-order valence-corrected chi connectivity index (χ0v) is 20.9. The molecule has 0 N–H and O–H groups in total. The van der Waals surface area contributed by atoms with Crippen molar-refractivity contribution in [3.8, 4) is 0 Å². The fourth-order valence-electron chi connectivity index (χ4n) is 6.68. The molecule has 1 unspecified atom stereocenters. The Morgan fingerprint density at radius 2 is 1.10 bits per heavy atom. The predicted octanol–water partition coefficient (Wildman–Crippen LogP) is 9.06. The second kappa shape index (κ2) is 15.7. The van der Waals surface area contributed by atoms with Crippen molar-refractivity contribution < 1.29 is 9.47 Å². The quantitative estimate of drug-likeness (QED) is 0.230. The van der Waals surface area contributed by atoms with Gasteiger partial charge in [0.2, 0.25) is 0 Å². The van der Waals surface area contributed by atoms with Gasteiger partial charge >= 0.3 is 0 Å². The second-order valence-electron chi connectivity index (χ2n) is 10.4. The molecule has 0 aromatic heterocycles. The minimum Gasteiger partial charge on any atom is -0.353 e. The number of methoxy groups -OCH3 is 2. The smallest absolute Gasteiger partial charge is 0.173 e. The molecule has 0 heterocycles. The third kappa shape index (κ3) is 8.12. The van der Waals surface area contributed by atoms with E-state index in [1.165, 1.54) is 135 Å². The van der Waals surface area contributed by atoms with Crippen LogP contribution in [0.4, 0.5) is 0 Å². The van der Waals surface area contributed by atoms with Crippen molar-refractivity contribution in [1.29, 1.82) is 0 Å². The molecule has 0 spiro atoms. The van der Waals surface area contributed by atoms with Crippen LogP contribution < -0.4 is 0 Å². The van der Waals surface area contributed by atoms with E-state index in [1.54, 1.807) is 0 Å². The molecular formula is C28H54O2. The van der Waals surface area contributed by atoms with Gasteiger partial charge in [-0.05, 0) is 38.0 Å². The Morgan fingerprint density at radius 1 is 0.633 bits per heavy atom. The normalized spacial score (nSPS) is 22.1. The van der Waals surface area contributed by atoms with Crippen molar-refractivity contribution in [2.75, 3.05) is 14.2 Å². The fourth-order valence-corrected chi connectivity index (χ4v) is 6.68. The summed E-state index contributed by atoms with van der Waals surface area (Å²) in [6, 6.07) is 0. The number of hydrogen-bond donors (Lipinski definition) is 0. The Labute approximate surface area is 189 Å². The van der Waals surface area contributed by atoms with E-state index in [0.29, 0.717) is 11.8 Å². The van der Waals surface area contributed by atoms with Gasteiger partial charge in [-0.1, -0.05) is 110 Å². The Hall–Kier alpha value is -0.0800. The SMILES string of the molecule is CCCCCCCCC(C1CCCCCCC1)C(OC)(OC)C1CCCCCCC1. The predicted molar refractivity (Wildman–Crippen MR) is 130 cm³/mol. The van der Waals surface area contributed by atoms with E-state index in [0.717, 1.165) is 5.92 Å². The highest BCUT2D eigenvalue weighted by atomic mass is 16.7. The van der Waals surface area contributed by atoms with Crippen LogP contribution in [0.2, 0.25) is 0 Å². The maximum atomic E-state index is 6.48. The van der Waals surface area contributed by atoms with Gasteiger partial charge in [-0.3, -0.25) is 0 Å². The van der Waals surface area contributed by atoms with Gasteiger partial charge in [0, 0.05) is 26.1 Å². The van der Waals surface area contributed by atoms with Gasteiger partial charge < -0.3 is 9.47 Å². The van der Waals surface area contributed by atoms with Gasteiger partial charge in [0.25, 0.3) is 0 Å². The molecule has 0 amide bonds. The zero-order chi connectivity index (χ0) is 21.5. The van der Waals surface area contributed by atoms with E-state index in [1.807, 2.05) is 14.2 Å². The molecule has 30 heavy (non-hydrogen) atoms. The highest BCUT2D eigenvalue weighted by molar-refractivity contribution is 4.91. The Bertz CT molecular complexity index is 387. The van der Waals surface area contributed by atoms with Crippen LogP contribution in [0.1, 0.15) is 142 Å². The minimum atomic E-state index is -0.357. The summed E-state index contributed by atoms with van der Waals surface area (Å²) < 4.78 is 13.0. The van der Waals surface area contributed by atoms with Crippen molar-refractivity contribution >= 4 is 0 Å². The van der Waals surface area contributed by atoms with Crippen molar-refractivity contribution in [3.05, 3.63) is 0 Å². The van der Waals surface area contributed by atoms with E-state index in [9.17, 15) is 0 Å². The van der Waals surface area contributed by atoms with Crippen molar-refractivity contribution in [1.82, 2.24) is 0 Å². The lowest BCUT2D eigenvalue weighted by molar-refractivity contribution is -0.286. The minimum absolute atomic E-state index is 0.357. The number of rotatable bonds is 12. The van der Waals surface area contributed by atoms with E-state index in [4.69, 9.17) is 9.47 Å². The summed E-state index contributed by atoms with van der Waals surface area (Å²) in [4.78, 5) is 0. The summed E-state index contributed by atoms with van der Waals surface area (Å²) >= 11 is 0. The average Bonchev–Trinajstić information content (AvgIpc) is 2.71. The maximum Gasteiger partial charge on any atom is 0.173 e.